The number of fused-ring (bicyclic) bond motifs is 3. The lowest BCUT2D eigenvalue weighted by Gasteiger charge is -2.45. The largest absolute Gasteiger partial charge is 0.490 e. The number of anilines is 1. The molecule has 1 saturated carbocycles. The summed E-state index contributed by atoms with van der Waals surface area (Å²) < 4.78 is 6.54. The van der Waals surface area contributed by atoms with Crippen LogP contribution in [0.5, 0.6) is 5.75 Å². The summed E-state index contributed by atoms with van der Waals surface area (Å²) in [5, 5.41) is 33.2. The van der Waals surface area contributed by atoms with Crippen molar-refractivity contribution >= 4 is 29.2 Å². The van der Waals surface area contributed by atoms with Gasteiger partial charge in [0.05, 0.1) is 24.8 Å². The van der Waals surface area contributed by atoms with Gasteiger partial charge in [-0.3, -0.25) is 4.79 Å². The number of aryl methyl sites for hydroxylation is 1. The number of aliphatic hydroxyl groups excluding tert-OH is 1. The summed E-state index contributed by atoms with van der Waals surface area (Å²) in [6.07, 6.45) is 6.77. The van der Waals surface area contributed by atoms with E-state index in [0.717, 1.165) is 32.1 Å². The molecule has 5 rings (SSSR count). The normalized spacial score (nSPS) is 24.9. The minimum Gasteiger partial charge on any atom is -0.490 e. The van der Waals surface area contributed by atoms with Crippen LogP contribution >= 0.6 is 11.6 Å². The van der Waals surface area contributed by atoms with E-state index >= 15 is 0 Å². The average Bonchev–Trinajstić information content (AvgIpc) is 3.15. The van der Waals surface area contributed by atoms with Crippen LogP contribution in [0.25, 0.3) is 0 Å². The zero-order valence-corrected chi connectivity index (χ0v) is 27.0. The van der Waals surface area contributed by atoms with Gasteiger partial charge in [-0.1, -0.05) is 42.8 Å². The van der Waals surface area contributed by atoms with Gasteiger partial charge in [-0.05, 0) is 90.8 Å². The molecule has 1 heterocycles. The highest BCUT2D eigenvalue weighted by atomic mass is 35.5. The number of aliphatic carboxylic acids is 1. The number of ether oxygens (including phenoxy) is 1. The monoisotopic (exact) mass is 636 g/mol. The molecule has 9 heteroatoms. The Labute approximate surface area is 270 Å². The predicted octanol–water partition coefficient (Wildman–Crippen LogP) is 5.33. The molecule has 6 atom stereocenters. The molecule has 1 aliphatic heterocycles. The van der Waals surface area contributed by atoms with Crippen molar-refractivity contribution in [2.24, 2.45) is 17.8 Å². The molecule has 1 amide bonds. The molecule has 45 heavy (non-hydrogen) atoms. The Balaban J connectivity index is 1.53. The van der Waals surface area contributed by atoms with Crippen LogP contribution < -0.4 is 9.64 Å². The minimum atomic E-state index is -2.44. The molecule has 2 aliphatic carbocycles. The van der Waals surface area contributed by atoms with E-state index in [1.807, 2.05) is 19.1 Å². The molecule has 242 valence electrons. The second kappa shape index (κ2) is 13.2. The van der Waals surface area contributed by atoms with E-state index in [2.05, 4.69) is 24.1 Å². The molecule has 8 nitrogen and oxygen atoms in total. The van der Waals surface area contributed by atoms with E-state index in [0.29, 0.717) is 42.7 Å². The van der Waals surface area contributed by atoms with Crippen LogP contribution in [0.2, 0.25) is 5.02 Å². The molecule has 3 aliphatic rings. The lowest BCUT2D eigenvalue weighted by molar-refractivity contribution is -0.164. The predicted molar refractivity (Wildman–Crippen MR) is 176 cm³/mol. The van der Waals surface area contributed by atoms with E-state index in [1.54, 1.807) is 37.4 Å². The van der Waals surface area contributed by atoms with Gasteiger partial charge in [0.1, 0.15) is 5.75 Å². The highest BCUT2D eigenvalue weighted by molar-refractivity contribution is 6.30. The summed E-state index contributed by atoms with van der Waals surface area (Å²) in [6, 6.07) is 11.0. The van der Waals surface area contributed by atoms with Crippen molar-refractivity contribution in [3.05, 3.63) is 83.4 Å². The van der Waals surface area contributed by atoms with Crippen molar-refractivity contribution in [3.63, 3.8) is 0 Å². The second-order valence-electron chi connectivity index (χ2n) is 13.3. The number of benzene rings is 2. The first-order valence-electron chi connectivity index (χ1n) is 15.8. The first-order chi connectivity index (χ1) is 21.4. The lowest BCUT2D eigenvalue weighted by atomic mass is 9.68. The highest BCUT2D eigenvalue weighted by Crippen LogP contribution is 2.47. The van der Waals surface area contributed by atoms with E-state index in [1.165, 1.54) is 16.0 Å². The molecule has 0 bridgehead atoms. The Kier molecular flexibility index (Phi) is 9.68. The summed E-state index contributed by atoms with van der Waals surface area (Å²) in [4.78, 5) is 29.5. The van der Waals surface area contributed by atoms with Crippen LogP contribution in [-0.2, 0) is 27.0 Å². The van der Waals surface area contributed by atoms with E-state index < -0.39 is 30.0 Å². The van der Waals surface area contributed by atoms with Gasteiger partial charge in [0.2, 0.25) is 5.91 Å². The molecule has 0 radical (unpaired) electrons. The van der Waals surface area contributed by atoms with Crippen LogP contribution in [0.15, 0.2) is 61.7 Å². The smallest absolute Gasteiger partial charge is 0.340 e. The van der Waals surface area contributed by atoms with Crippen LogP contribution in [-0.4, -0.2) is 71.5 Å². The number of hydrogen-bond donors (Lipinski definition) is 3. The zero-order chi connectivity index (χ0) is 32.5. The molecule has 1 fully saturated rings. The molecule has 3 unspecified atom stereocenters. The zero-order valence-electron chi connectivity index (χ0n) is 26.3. The Morgan fingerprint density at radius 3 is 2.67 bits per heavy atom. The third-order valence-corrected chi connectivity index (χ3v) is 10.5. The van der Waals surface area contributed by atoms with Crippen molar-refractivity contribution in [1.82, 2.24) is 4.90 Å². The Hall–Kier alpha value is -3.33. The number of hydrogen-bond acceptors (Lipinski definition) is 6. The van der Waals surface area contributed by atoms with Crippen LogP contribution in [0, 0.1) is 17.8 Å². The Bertz CT molecular complexity index is 1460. The fourth-order valence-corrected chi connectivity index (χ4v) is 7.56. The molecule has 1 spiro atoms. The van der Waals surface area contributed by atoms with E-state index in [9.17, 15) is 24.9 Å². The van der Waals surface area contributed by atoms with Crippen molar-refractivity contribution < 1.29 is 29.6 Å². The fourth-order valence-electron chi connectivity index (χ4n) is 7.36. The summed E-state index contributed by atoms with van der Waals surface area (Å²) in [5.74, 6) is -1.10. The van der Waals surface area contributed by atoms with Gasteiger partial charge in [-0.2, -0.15) is 0 Å². The van der Waals surface area contributed by atoms with Crippen molar-refractivity contribution in [1.29, 1.82) is 0 Å². The first kappa shape index (κ1) is 33.0. The SMILES string of the molecule is C=CC(C)CN(C)C(=O)CC(O)(C(=O)O)c1ccc2c(c1)N(C[C@@H]1CC[C@H]1C(O)C=C)C[C@@]1(CCCc3cc(Cl)ccc31)CO2. The summed E-state index contributed by atoms with van der Waals surface area (Å²) in [7, 11) is 1.60. The highest BCUT2D eigenvalue weighted by Gasteiger charge is 2.46. The second-order valence-corrected chi connectivity index (χ2v) is 13.8. The first-order valence-corrected chi connectivity index (χ1v) is 16.2. The number of amides is 1. The minimum absolute atomic E-state index is 0.0123. The van der Waals surface area contributed by atoms with Crippen LogP contribution in [0.1, 0.15) is 55.7 Å². The van der Waals surface area contributed by atoms with Gasteiger partial charge in [-0.15, -0.1) is 13.2 Å². The number of rotatable bonds is 11. The van der Waals surface area contributed by atoms with Crippen LogP contribution in [0.4, 0.5) is 5.69 Å². The Morgan fingerprint density at radius 1 is 1.22 bits per heavy atom. The molecular weight excluding hydrogens is 592 g/mol. The molecular formula is C36H45ClN2O6. The van der Waals surface area contributed by atoms with Crippen LogP contribution in [0.3, 0.4) is 0 Å². The maximum absolute atomic E-state index is 13.2. The summed E-state index contributed by atoms with van der Waals surface area (Å²) in [6.45, 7) is 11.5. The van der Waals surface area contributed by atoms with E-state index in [-0.39, 0.29) is 28.7 Å². The van der Waals surface area contributed by atoms with E-state index in [4.69, 9.17) is 16.3 Å². The third-order valence-electron chi connectivity index (χ3n) is 10.3. The third kappa shape index (κ3) is 6.51. The topological polar surface area (TPSA) is 111 Å². The maximum atomic E-state index is 13.2. The molecule has 3 N–H and O–H groups in total. The number of carboxylic acids is 1. The van der Waals surface area contributed by atoms with Gasteiger partial charge in [0, 0.05) is 37.1 Å². The van der Waals surface area contributed by atoms with Crippen molar-refractivity contribution in [2.75, 3.05) is 38.2 Å². The molecule has 2 aromatic rings. The molecule has 0 aromatic heterocycles. The number of carboxylic acid groups (broad SMARTS) is 1. The van der Waals surface area contributed by atoms with Crippen molar-refractivity contribution in [3.8, 4) is 5.75 Å². The van der Waals surface area contributed by atoms with Gasteiger partial charge in [0.25, 0.3) is 0 Å². The standard InChI is InChI=1S/C36H45ClN2O6/c1-5-23(3)19-38(4)33(41)18-36(44,34(42)43)26-10-14-32-30(17-26)39(20-25-9-12-28(25)31(40)6-2)21-35(22-45-32)15-7-8-24-16-27(37)11-13-29(24)35/h5-6,10-11,13-14,16-17,23,25,28,31,40,44H,1-2,7-9,12,15,18-22H2,3-4H3,(H,42,43)/t23?,25-,28+,31?,35-,36?/m0/s1. The quantitative estimate of drug-likeness (QED) is 0.286. The molecule has 2 aromatic carbocycles. The summed E-state index contributed by atoms with van der Waals surface area (Å²) in [5.41, 5.74) is 0.420. The molecule has 0 saturated heterocycles. The lowest BCUT2D eigenvalue weighted by Crippen LogP contribution is -2.49. The number of carbonyl (C=O) groups excluding carboxylic acids is 1. The van der Waals surface area contributed by atoms with Crippen molar-refractivity contribution in [2.45, 2.75) is 62.6 Å². The van der Waals surface area contributed by atoms with Gasteiger partial charge in [0.15, 0.2) is 5.60 Å². The Morgan fingerprint density at radius 2 is 2.00 bits per heavy atom. The number of halogens is 1. The maximum Gasteiger partial charge on any atom is 0.340 e. The summed E-state index contributed by atoms with van der Waals surface area (Å²) >= 11 is 6.39. The average molecular weight is 637 g/mol. The van der Waals surface area contributed by atoms with Gasteiger partial charge >= 0.3 is 5.97 Å². The van der Waals surface area contributed by atoms with Gasteiger partial charge < -0.3 is 29.9 Å². The number of nitrogens with zero attached hydrogens (tertiary/aromatic N) is 2. The number of aliphatic hydroxyl groups is 2. The number of carbonyl (C=O) groups is 2. The fraction of sp³-hybridized carbons (Fsp3) is 0.500. The van der Waals surface area contributed by atoms with Gasteiger partial charge in [-0.25, -0.2) is 4.79 Å².